The van der Waals surface area contributed by atoms with E-state index >= 15 is 0 Å². The number of sulfonamides is 1. The number of anilines is 1. The Kier molecular flexibility index (Phi) is 7.91. The molecule has 0 amide bonds. The highest BCUT2D eigenvalue weighted by atomic mass is 35.5. The van der Waals surface area contributed by atoms with E-state index in [1.54, 1.807) is 19.0 Å². The van der Waals surface area contributed by atoms with Crippen LogP contribution >= 0.6 is 11.6 Å². The smallest absolute Gasteiger partial charge is 0.235 e. The normalized spacial score (nSPS) is 13.1. The topological polar surface area (TPSA) is 96.4 Å². The zero-order valence-corrected chi connectivity index (χ0v) is 20.6. The van der Waals surface area contributed by atoms with Crippen LogP contribution in [0.15, 0.2) is 65.7 Å². The van der Waals surface area contributed by atoms with Gasteiger partial charge in [0, 0.05) is 23.3 Å². The molecule has 1 heterocycles. The molecule has 0 saturated heterocycles. The second-order valence-electron chi connectivity index (χ2n) is 7.74. The van der Waals surface area contributed by atoms with E-state index < -0.39 is 42.3 Å². The average molecular weight is 530 g/mol. The molecule has 1 unspecified atom stereocenters. The van der Waals surface area contributed by atoms with Crippen LogP contribution in [0.5, 0.6) is 0 Å². The van der Waals surface area contributed by atoms with Gasteiger partial charge in [-0.1, -0.05) is 11.6 Å². The van der Waals surface area contributed by atoms with E-state index in [4.69, 9.17) is 11.6 Å². The van der Waals surface area contributed by atoms with Crippen molar-refractivity contribution in [1.29, 1.82) is 0 Å². The lowest BCUT2D eigenvalue weighted by molar-refractivity contribution is 0.432. The van der Waals surface area contributed by atoms with Crippen molar-refractivity contribution in [2.45, 2.75) is 10.1 Å². The van der Waals surface area contributed by atoms with Gasteiger partial charge < -0.3 is 4.90 Å². The highest BCUT2D eigenvalue weighted by molar-refractivity contribution is 7.92. The van der Waals surface area contributed by atoms with Gasteiger partial charge in [0.2, 0.25) is 10.0 Å². The monoisotopic (exact) mass is 529 g/mol. The molecule has 0 aliphatic rings. The summed E-state index contributed by atoms with van der Waals surface area (Å²) >= 11 is 5.87. The van der Waals surface area contributed by atoms with Gasteiger partial charge in [-0.15, -0.1) is 0 Å². The van der Waals surface area contributed by atoms with Crippen molar-refractivity contribution in [3.05, 3.63) is 88.6 Å². The third-order valence-corrected chi connectivity index (χ3v) is 8.42. The molecule has 0 spiro atoms. The van der Waals surface area contributed by atoms with E-state index in [9.17, 15) is 25.6 Å². The van der Waals surface area contributed by atoms with Gasteiger partial charge in [0.05, 0.1) is 10.6 Å². The van der Waals surface area contributed by atoms with Gasteiger partial charge >= 0.3 is 0 Å². The Hall–Kier alpha value is -2.60. The van der Waals surface area contributed by atoms with Crippen LogP contribution in [0, 0.1) is 11.6 Å². The van der Waals surface area contributed by atoms with E-state index in [0.717, 1.165) is 18.2 Å². The second-order valence-corrected chi connectivity index (χ2v) is 12.1. The lowest BCUT2D eigenvalue weighted by Gasteiger charge is -2.20. The first-order chi connectivity index (χ1) is 15.9. The minimum Gasteiger partial charge on any atom is -0.308 e. The summed E-state index contributed by atoms with van der Waals surface area (Å²) in [6, 6.07) is 10.3. The molecule has 12 heteroatoms. The molecule has 0 aliphatic heterocycles. The minimum absolute atomic E-state index is 0.000223. The van der Waals surface area contributed by atoms with E-state index in [0.29, 0.717) is 5.02 Å². The predicted molar refractivity (Wildman–Crippen MR) is 127 cm³/mol. The van der Waals surface area contributed by atoms with Crippen LogP contribution in [0.2, 0.25) is 5.02 Å². The molecule has 0 bridgehead atoms. The summed E-state index contributed by atoms with van der Waals surface area (Å²) in [5.74, 6) is -2.14. The van der Waals surface area contributed by atoms with E-state index in [1.807, 2.05) is 0 Å². The van der Waals surface area contributed by atoms with Gasteiger partial charge in [-0.05, 0) is 74.3 Å². The molecule has 1 atom stereocenters. The second kappa shape index (κ2) is 10.3. The Morgan fingerprint density at radius 3 is 2.32 bits per heavy atom. The van der Waals surface area contributed by atoms with Crippen molar-refractivity contribution in [1.82, 2.24) is 9.88 Å². The largest absolute Gasteiger partial charge is 0.308 e. The molecule has 7 nitrogen and oxygen atoms in total. The van der Waals surface area contributed by atoms with E-state index in [-0.39, 0.29) is 28.6 Å². The number of nitrogens with one attached hydrogen (secondary N) is 1. The van der Waals surface area contributed by atoms with Crippen LogP contribution < -0.4 is 4.72 Å². The van der Waals surface area contributed by atoms with E-state index in [2.05, 4.69) is 9.71 Å². The maximum atomic E-state index is 14.8. The van der Waals surface area contributed by atoms with Crippen LogP contribution in [0.3, 0.4) is 0 Å². The molecule has 2 aromatic carbocycles. The summed E-state index contributed by atoms with van der Waals surface area (Å²) in [6.45, 7) is 0.247. The Labute approximate surface area is 202 Å². The lowest BCUT2D eigenvalue weighted by Crippen LogP contribution is -2.26. The Bertz CT molecular complexity index is 1380. The number of aromatic nitrogens is 1. The first-order valence-corrected chi connectivity index (χ1v) is 13.5. The number of pyridine rings is 1. The molecule has 3 rings (SSSR count). The fourth-order valence-electron chi connectivity index (χ4n) is 3.18. The Morgan fingerprint density at radius 2 is 1.68 bits per heavy atom. The molecule has 1 N–H and O–H groups in total. The van der Waals surface area contributed by atoms with Gasteiger partial charge in [0.25, 0.3) is 0 Å². The SMILES string of the molecule is CN(C)CCS(=O)(=O)Nc1cc(C(c2cc(F)ccc2F)S(=O)(=O)c2ccc(Cl)cc2)ccn1. The summed E-state index contributed by atoms with van der Waals surface area (Å²) in [5.41, 5.74) is -0.428. The first kappa shape index (κ1) is 26.0. The van der Waals surface area contributed by atoms with Gasteiger partial charge in [0.1, 0.15) is 22.7 Å². The van der Waals surface area contributed by atoms with Crippen LogP contribution in [-0.4, -0.2) is 53.1 Å². The summed E-state index contributed by atoms with van der Waals surface area (Å²) in [4.78, 5) is 5.46. The summed E-state index contributed by atoms with van der Waals surface area (Å²) in [6.07, 6.45) is 1.20. The van der Waals surface area contributed by atoms with Crippen LogP contribution in [0.1, 0.15) is 16.4 Å². The summed E-state index contributed by atoms with van der Waals surface area (Å²) in [5, 5.41) is -1.39. The molecule has 1 aromatic heterocycles. The van der Waals surface area contributed by atoms with Gasteiger partial charge in [-0.25, -0.2) is 30.6 Å². The molecule has 0 aliphatic carbocycles. The number of hydrogen-bond acceptors (Lipinski definition) is 6. The molecule has 0 radical (unpaired) electrons. The quantitative estimate of drug-likeness (QED) is 0.452. The molecular weight excluding hydrogens is 508 g/mol. The fraction of sp³-hybridized carbons (Fsp3) is 0.227. The maximum absolute atomic E-state index is 14.8. The predicted octanol–water partition coefficient (Wildman–Crippen LogP) is 3.88. The van der Waals surface area contributed by atoms with Crippen LogP contribution in [0.25, 0.3) is 0 Å². The average Bonchev–Trinajstić information content (AvgIpc) is 2.75. The van der Waals surface area contributed by atoms with E-state index in [1.165, 1.54) is 42.6 Å². The zero-order valence-electron chi connectivity index (χ0n) is 18.2. The van der Waals surface area contributed by atoms with Crippen molar-refractivity contribution in [2.24, 2.45) is 0 Å². The summed E-state index contributed by atoms with van der Waals surface area (Å²) in [7, 11) is -4.69. The number of nitrogens with zero attached hydrogens (tertiary/aromatic N) is 2. The Morgan fingerprint density at radius 1 is 1.00 bits per heavy atom. The van der Waals surface area contributed by atoms with Crippen molar-refractivity contribution in [3.8, 4) is 0 Å². The van der Waals surface area contributed by atoms with Crippen molar-refractivity contribution >= 4 is 37.3 Å². The standard InChI is InChI=1S/C22H22ClF2N3O4S2/c1-28(2)11-12-33(29,30)27-21-13-15(9-10-26-21)22(19-14-17(24)5-8-20(19)25)34(31,32)18-6-3-16(23)4-7-18/h3-10,13-14,22H,11-12H2,1-2H3,(H,26,27). The molecular formula is C22H22ClF2N3O4S2. The van der Waals surface area contributed by atoms with Crippen LogP contribution in [0.4, 0.5) is 14.6 Å². The molecule has 34 heavy (non-hydrogen) atoms. The van der Waals surface area contributed by atoms with Gasteiger partial charge in [0.15, 0.2) is 9.84 Å². The maximum Gasteiger partial charge on any atom is 0.235 e. The molecule has 0 saturated carbocycles. The highest BCUT2D eigenvalue weighted by Crippen LogP contribution is 2.37. The van der Waals surface area contributed by atoms with Crippen molar-refractivity contribution in [3.63, 3.8) is 0 Å². The third-order valence-electron chi connectivity index (χ3n) is 4.85. The number of halogens is 3. The highest BCUT2D eigenvalue weighted by Gasteiger charge is 2.34. The fourth-order valence-corrected chi connectivity index (χ4v) is 6.25. The lowest BCUT2D eigenvalue weighted by atomic mass is 10.0. The van der Waals surface area contributed by atoms with Crippen molar-refractivity contribution in [2.75, 3.05) is 31.1 Å². The van der Waals surface area contributed by atoms with Crippen LogP contribution in [-0.2, 0) is 19.9 Å². The molecule has 182 valence electrons. The van der Waals surface area contributed by atoms with Crippen molar-refractivity contribution < 1.29 is 25.6 Å². The first-order valence-electron chi connectivity index (χ1n) is 9.94. The number of sulfone groups is 1. The number of hydrogen-bond donors (Lipinski definition) is 1. The Balaban J connectivity index is 2.12. The van der Waals surface area contributed by atoms with Gasteiger partial charge in [-0.2, -0.15) is 0 Å². The number of rotatable bonds is 9. The molecule has 3 aromatic rings. The minimum atomic E-state index is -4.32. The third kappa shape index (κ3) is 6.29. The number of benzene rings is 2. The summed E-state index contributed by atoms with van der Waals surface area (Å²) < 4.78 is 83.1. The van der Waals surface area contributed by atoms with Gasteiger partial charge in [-0.3, -0.25) is 4.72 Å². The zero-order chi connectivity index (χ0) is 25.1. The molecule has 0 fully saturated rings.